The summed E-state index contributed by atoms with van der Waals surface area (Å²) in [6.07, 6.45) is 35.1. The molecule has 24 heteroatoms. The first-order valence-electron chi connectivity index (χ1n) is 56.2. The monoisotopic (exact) mass is 1940 g/mol. The number of aromatic nitrogens is 5. The molecule has 0 spiro atoms. The number of pyridine rings is 1. The molecule has 11 unspecified atom stereocenters. The van der Waals surface area contributed by atoms with Crippen molar-refractivity contribution in [2.24, 2.45) is 59.2 Å². The van der Waals surface area contributed by atoms with E-state index < -0.39 is 0 Å². The molecule has 6 amide bonds. The fourth-order valence-corrected chi connectivity index (χ4v) is 26.8. The number of anilines is 2. The largest absolute Gasteiger partial charge is 0.367 e. The minimum Gasteiger partial charge on any atom is -0.334 e. The lowest BCUT2D eigenvalue weighted by Crippen LogP contribution is -2.73. The van der Waals surface area contributed by atoms with E-state index in [9.17, 15) is 38.4 Å². The molecule has 0 aromatic carbocycles. The van der Waals surface area contributed by atoms with Crippen LogP contribution in [-0.4, -0.2) is 277 Å². The smallest absolute Gasteiger partial charge is 0.334 e. The van der Waals surface area contributed by atoms with Crippen LogP contribution in [0.4, 0.5) is 11.8 Å². The molecule has 0 radical (unpaired) electrons. The first kappa shape index (κ1) is 116. The van der Waals surface area contributed by atoms with Crippen LogP contribution >= 0.6 is 0 Å². The number of Topliss-reactive ketones (excluding diaryl/α,β-unsaturated/α-hetero) is 2. The topological polar surface area (TPSA) is 188 Å². The van der Waals surface area contributed by atoms with Crippen molar-refractivity contribution in [2.75, 3.05) is 97.4 Å². The molecule has 17 heterocycles. The Morgan fingerprint density at radius 2 is 0.777 bits per heavy atom. The number of nitrogens with zero attached hydrogens (tertiary/aromatic N) is 15. The Balaban J connectivity index is 0.000000178. The Labute approximate surface area is 846 Å². The van der Waals surface area contributed by atoms with Gasteiger partial charge in [-0.3, -0.25) is 43.3 Å². The van der Waals surface area contributed by atoms with Gasteiger partial charge in [0.05, 0.1) is 179 Å². The van der Waals surface area contributed by atoms with E-state index in [2.05, 4.69) is 215 Å². The predicted molar refractivity (Wildman–Crippen MR) is 564 cm³/mol. The maximum atomic E-state index is 12.2. The molecule has 1 N–H and O–H groups in total. The van der Waals surface area contributed by atoms with Crippen LogP contribution in [0.25, 0.3) is 0 Å². The molecule has 788 valence electrons. The van der Waals surface area contributed by atoms with Gasteiger partial charge in [0.15, 0.2) is 24.1 Å². The summed E-state index contributed by atoms with van der Waals surface area (Å²) in [4.78, 5) is 112. The van der Waals surface area contributed by atoms with Crippen LogP contribution < -0.4 is 23.5 Å². The number of piperazine rings is 3. The van der Waals surface area contributed by atoms with Gasteiger partial charge in [-0.05, 0) is 160 Å². The van der Waals surface area contributed by atoms with E-state index in [4.69, 9.17) is 0 Å². The number of carbonyl (C=O) groups excluding carboxylic acids is 8. The number of likely N-dealkylation sites (N-methyl/N-ethyl adjacent to an activating group) is 3. The molecule has 139 heavy (non-hydrogen) atoms. The summed E-state index contributed by atoms with van der Waals surface area (Å²) >= 11 is 0. The van der Waals surface area contributed by atoms with E-state index >= 15 is 0 Å². The molecule has 17 rings (SSSR count). The van der Waals surface area contributed by atoms with Gasteiger partial charge >= 0.3 is 5.95 Å². The van der Waals surface area contributed by atoms with E-state index in [1.54, 1.807) is 0 Å². The average Bonchev–Trinajstić information content (AvgIpc) is 1.60. The molecule has 11 atom stereocenters. The molecule has 10 bridgehead atoms. The third kappa shape index (κ3) is 26.0. The third-order valence-corrected chi connectivity index (χ3v) is 37.3. The highest BCUT2D eigenvalue weighted by atomic mass is 16.2. The van der Waals surface area contributed by atoms with Crippen molar-refractivity contribution in [3.63, 3.8) is 0 Å². The molecule has 14 aliphatic heterocycles. The highest BCUT2D eigenvalue weighted by molar-refractivity contribution is 5.95. The highest BCUT2D eigenvalue weighted by Crippen LogP contribution is 2.49. The van der Waals surface area contributed by atoms with Crippen molar-refractivity contribution < 1.29 is 74.5 Å². The van der Waals surface area contributed by atoms with E-state index in [0.29, 0.717) is 114 Å². The normalized spacial score (nSPS) is 29.6. The van der Waals surface area contributed by atoms with Gasteiger partial charge in [-0.15, -0.1) is 0 Å². The number of hydrogen-bond acceptors (Lipinski definition) is 8. The SMILES string of the molecule is CC(C)C(=O)CC1CC2CCC(C1)[N+]2(C)C(C)C.CC(C)C(=O)CC1CC2CCCC(C1)[N+]2(C)C(C)C.CC(C)C(=O)N1CC2CCC(C1)[N+]2(C)C(C)C.CC(C)C(=O)N1CC2CCC1C[N+]2(C)C(C)C.CC(C)C(=O)N1CC2CCCC(C1)[N+]2(C)C(C)C.CC(C)C(=O)N1CCC[n+]2ccn(C(C)C)c21.CC(C)C(=O)N1CCc2c1[nH]c[n+]2C(C)C.CC(C)C(=O)N1Cc2cc[n+](C(C)C)cc2C1. The lowest BCUT2D eigenvalue weighted by Gasteiger charge is -2.58. The van der Waals surface area contributed by atoms with Gasteiger partial charge < -0.3 is 42.0 Å². The van der Waals surface area contributed by atoms with E-state index in [-0.39, 0.29) is 65.1 Å². The lowest BCUT2D eigenvalue weighted by atomic mass is 9.73. The summed E-state index contributed by atoms with van der Waals surface area (Å²) in [5.74, 6) is 7.10. The average molecular weight is 1940 g/mol. The number of carbonyl (C=O) groups is 8. The number of fused-ring (bicyclic) bond motifs is 14. The van der Waals surface area contributed by atoms with Gasteiger partial charge in [-0.2, -0.15) is 4.90 Å². The van der Waals surface area contributed by atoms with Gasteiger partial charge in [-0.25, -0.2) is 23.3 Å². The van der Waals surface area contributed by atoms with Gasteiger partial charge in [0.25, 0.3) is 5.91 Å². The summed E-state index contributed by atoms with van der Waals surface area (Å²) in [6.45, 7) is 78.6. The van der Waals surface area contributed by atoms with Crippen LogP contribution in [0, 0.1) is 59.2 Å². The lowest BCUT2D eigenvalue weighted by molar-refractivity contribution is -0.985. The van der Waals surface area contributed by atoms with E-state index in [0.717, 1.165) is 150 Å². The molecule has 0 saturated carbocycles. The maximum absolute atomic E-state index is 12.2. The van der Waals surface area contributed by atoms with Crippen LogP contribution in [0.1, 0.15) is 379 Å². The number of ketones is 2. The summed E-state index contributed by atoms with van der Waals surface area (Å²) < 4.78 is 14.8. The zero-order valence-electron chi connectivity index (χ0n) is 95.5. The summed E-state index contributed by atoms with van der Waals surface area (Å²) in [5, 5.41) is 0. The summed E-state index contributed by atoms with van der Waals surface area (Å²) in [6, 6.07) is 13.9. The Morgan fingerprint density at radius 1 is 0.388 bits per heavy atom. The standard InChI is InChI=1S/C17H32NO.C16H30NO.C15H29N2O.2C14H27N2O.C14H21N2O.C13H22N3O.C12H19N3O/c1-12(2)17(19)11-14-9-15-7-6-8-16(10-14)18(15,5)13(3)4;1-11(2)16(18)10-13-8-14-6-7-15(9-13)17(14,5)12(3)4;1-11(2)15(18)16-9-13-7-6-8-14(10-16)17(13,5)12(3)4;1-10(2)14(17)15-8-13-7-6-12(15)9-16(13,5)11(3)4;1-10(2)14(17)15-8-12-6-7-13(9-15)16(12,5)11(3)4;1-10(2)14(17)16-7-12-5-6-15(11(3)4)8-13(12)9-16;1-10(2)12(17)16-7-5-6-14-8-9-15(11(3)4)13(14)16;1-8(2)12(16)14-6-5-10-11(14)13-7-15(10)9(3)4/h12-16H,6-11H2,1-5H3;11-15H,6-10H2,1-5H3;11-14H,6-10H2,1-5H3;2*10-13H,6-9H2,1-5H3;5-6,8,10-11H,7,9H2,1-4H3;8-11H,5-7H2,1-4H3;7-9H,5-6H2,1-4H3/q7*+1;/p+1. The van der Waals surface area contributed by atoms with E-state index in [1.165, 1.54) is 137 Å². The number of rotatable bonds is 20. The molecular weight excluding hydrogens is 1730 g/mol. The van der Waals surface area contributed by atoms with Crippen LogP contribution in [-0.2, 0) is 64.4 Å². The Bertz CT molecular complexity index is 4490. The molecule has 14 aliphatic rings. The minimum absolute atomic E-state index is 0.0528. The molecule has 11 fully saturated rings. The van der Waals surface area contributed by atoms with Crippen LogP contribution in [0.2, 0.25) is 0 Å². The molecular formula is C115H208N16O8+8. The van der Waals surface area contributed by atoms with Crippen molar-refractivity contribution in [2.45, 2.75) is 478 Å². The van der Waals surface area contributed by atoms with Crippen molar-refractivity contribution >= 4 is 58.8 Å². The number of H-pyrrole nitrogens is 1. The number of likely N-dealkylation sites (tertiary alicyclic amines) is 2. The Kier molecular flexibility index (Phi) is 40.7. The third-order valence-electron chi connectivity index (χ3n) is 37.3. The van der Waals surface area contributed by atoms with Gasteiger partial charge in [0.2, 0.25) is 41.7 Å². The Morgan fingerprint density at radius 3 is 1.17 bits per heavy atom. The number of nitrogens with one attached hydrogen (secondary N) is 1. The first-order chi connectivity index (χ1) is 64.8. The van der Waals surface area contributed by atoms with Crippen LogP contribution in [0.3, 0.4) is 0 Å². The highest BCUT2D eigenvalue weighted by Gasteiger charge is 2.58. The molecule has 11 saturated heterocycles. The van der Waals surface area contributed by atoms with Crippen molar-refractivity contribution in [3.8, 4) is 0 Å². The second-order valence-corrected chi connectivity index (χ2v) is 50.9. The minimum atomic E-state index is 0.0528. The molecule has 3 aromatic heterocycles. The van der Waals surface area contributed by atoms with Gasteiger partial charge in [-0.1, -0.05) is 111 Å². The number of aromatic amines is 1. The number of quaternary nitrogens is 5. The number of amides is 6. The van der Waals surface area contributed by atoms with Crippen molar-refractivity contribution in [1.29, 1.82) is 0 Å². The fourth-order valence-electron chi connectivity index (χ4n) is 26.8. The molecule has 3 aromatic rings. The maximum Gasteiger partial charge on any atom is 0.367 e. The molecule has 0 aliphatic carbocycles. The quantitative estimate of drug-likeness (QED) is 0.0854. The second-order valence-electron chi connectivity index (χ2n) is 50.9. The Hall–Kier alpha value is -6.47. The predicted octanol–water partition coefficient (Wildman–Crippen LogP) is 18.4. The van der Waals surface area contributed by atoms with Crippen molar-refractivity contribution in [1.82, 2.24) is 29.2 Å². The number of piperidine rings is 6. The van der Waals surface area contributed by atoms with E-state index in [1.807, 2.05) is 132 Å². The van der Waals surface area contributed by atoms with Gasteiger partial charge in [0.1, 0.15) is 41.8 Å². The number of aryl methyl sites for hydroxylation is 1. The van der Waals surface area contributed by atoms with Crippen LogP contribution in [0.5, 0.6) is 0 Å². The second kappa shape index (κ2) is 48.7. The molecule has 24 nitrogen and oxygen atoms in total. The summed E-state index contributed by atoms with van der Waals surface area (Å²) in [5.41, 5.74) is 3.83. The van der Waals surface area contributed by atoms with Crippen LogP contribution in [0.15, 0.2) is 37.2 Å². The number of imidazole rings is 2. The first-order valence-corrected chi connectivity index (χ1v) is 56.2. The number of hydrogen-bond donors (Lipinski definition) is 1. The summed E-state index contributed by atoms with van der Waals surface area (Å²) in [7, 11) is 12.1. The van der Waals surface area contributed by atoms with Crippen molar-refractivity contribution in [3.05, 3.63) is 54.0 Å². The zero-order valence-corrected chi connectivity index (χ0v) is 95.5. The van der Waals surface area contributed by atoms with Gasteiger partial charge in [0, 0.05) is 168 Å². The zero-order chi connectivity index (χ0) is 104. The fraction of sp³-hybridized carbons (Fsp3) is 0.835.